The molecule has 1 N–H and O–H groups in total. The zero-order valence-electron chi connectivity index (χ0n) is 11.2. The van der Waals surface area contributed by atoms with Crippen LogP contribution in [0, 0.1) is 11.6 Å². The molecule has 0 radical (unpaired) electrons. The maximum absolute atomic E-state index is 13.8. The molecule has 0 aliphatic carbocycles. The predicted octanol–water partition coefficient (Wildman–Crippen LogP) is 4.45. The first kappa shape index (κ1) is 15.1. The highest BCUT2D eigenvalue weighted by Gasteiger charge is 2.13. The molecule has 1 atom stereocenters. The fourth-order valence-corrected chi connectivity index (χ4v) is 2.42. The van der Waals surface area contributed by atoms with E-state index in [1.807, 2.05) is 37.3 Å². The number of halogens is 3. The minimum atomic E-state index is -0.538. The lowest BCUT2D eigenvalue weighted by Crippen LogP contribution is -2.28. The summed E-state index contributed by atoms with van der Waals surface area (Å²) in [5.74, 6) is -1.06. The second kappa shape index (κ2) is 6.95. The minimum absolute atomic E-state index is 0.0688. The molecule has 0 aromatic heterocycles. The van der Waals surface area contributed by atoms with Crippen molar-refractivity contribution < 1.29 is 8.78 Å². The molecule has 0 fully saturated rings. The van der Waals surface area contributed by atoms with E-state index in [9.17, 15) is 8.78 Å². The Morgan fingerprint density at radius 1 is 1.10 bits per heavy atom. The van der Waals surface area contributed by atoms with Crippen LogP contribution in [0.2, 0.25) is 0 Å². The SMILES string of the molecule is CC(Cc1ccccc1)NCc1c(F)ccc(Br)c1F. The van der Waals surface area contributed by atoms with Crippen LogP contribution in [-0.4, -0.2) is 6.04 Å². The first-order valence-corrected chi connectivity index (χ1v) is 7.27. The molecular weight excluding hydrogens is 324 g/mol. The van der Waals surface area contributed by atoms with E-state index in [0.717, 1.165) is 6.42 Å². The highest BCUT2D eigenvalue weighted by molar-refractivity contribution is 9.10. The lowest BCUT2D eigenvalue weighted by Gasteiger charge is -2.15. The normalized spacial score (nSPS) is 12.4. The van der Waals surface area contributed by atoms with Gasteiger partial charge in [0.05, 0.1) is 4.47 Å². The molecule has 2 rings (SSSR count). The molecule has 106 valence electrons. The average Bonchev–Trinajstić information content (AvgIpc) is 2.44. The number of hydrogen-bond donors (Lipinski definition) is 1. The standard InChI is InChI=1S/C16H16BrF2N/c1-11(9-12-5-3-2-4-6-12)20-10-13-15(18)8-7-14(17)16(13)19/h2-8,11,20H,9-10H2,1H3. The minimum Gasteiger partial charge on any atom is -0.310 e. The van der Waals surface area contributed by atoms with Crippen molar-refractivity contribution in [1.29, 1.82) is 0 Å². The number of benzene rings is 2. The zero-order chi connectivity index (χ0) is 14.5. The summed E-state index contributed by atoms with van der Waals surface area (Å²) in [7, 11) is 0. The Hall–Kier alpha value is -1.26. The van der Waals surface area contributed by atoms with Crippen LogP contribution in [0.15, 0.2) is 46.9 Å². The van der Waals surface area contributed by atoms with Gasteiger partial charge in [0.1, 0.15) is 11.6 Å². The number of rotatable bonds is 5. The molecule has 0 amide bonds. The second-order valence-corrected chi connectivity index (χ2v) is 5.65. The Kier molecular flexibility index (Phi) is 5.26. The summed E-state index contributed by atoms with van der Waals surface area (Å²) >= 11 is 3.07. The number of nitrogens with one attached hydrogen (secondary N) is 1. The lowest BCUT2D eigenvalue weighted by atomic mass is 10.1. The van der Waals surface area contributed by atoms with Gasteiger partial charge in [-0.1, -0.05) is 30.3 Å². The van der Waals surface area contributed by atoms with Gasteiger partial charge in [-0.05, 0) is 47.0 Å². The highest BCUT2D eigenvalue weighted by atomic mass is 79.9. The van der Waals surface area contributed by atoms with Crippen LogP contribution >= 0.6 is 15.9 Å². The van der Waals surface area contributed by atoms with Gasteiger partial charge in [-0.25, -0.2) is 8.78 Å². The molecule has 0 spiro atoms. The van der Waals surface area contributed by atoms with E-state index in [4.69, 9.17) is 0 Å². The monoisotopic (exact) mass is 339 g/mol. The third-order valence-electron chi connectivity index (χ3n) is 3.15. The van der Waals surface area contributed by atoms with Gasteiger partial charge in [0.2, 0.25) is 0 Å². The van der Waals surface area contributed by atoms with E-state index in [1.54, 1.807) is 0 Å². The van der Waals surface area contributed by atoms with Crippen LogP contribution in [0.4, 0.5) is 8.78 Å². The van der Waals surface area contributed by atoms with Crippen LogP contribution in [0.25, 0.3) is 0 Å². The molecule has 1 nitrogen and oxygen atoms in total. The van der Waals surface area contributed by atoms with Gasteiger partial charge in [-0.3, -0.25) is 0 Å². The molecule has 0 aliphatic rings. The summed E-state index contributed by atoms with van der Waals surface area (Å²) < 4.78 is 27.7. The van der Waals surface area contributed by atoms with Gasteiger partial charge >= 0.3 is 0 Å². The van der Waals surface area contributed by atoms with E-state index >= 15 is 0 Å². The lowest BCUT2D eigenvalue weighted by molar-refractivity contribution is 0.496. The average molecular weight is 340 g/mol. The molecule has 2 aromatic rings. The Morgan fingerprint density at radius 2 is 1.80 bits per heavy atom. The molecule has 0 bridgehead atoms. The first-order chi connectivity index (χ1) is 9.58. The van der Waals surface area contributed by atoms with Crippen LogP contribution in [0.5, 0.6) is 0 Å². The zero-order valence-corrected chi connectivity index (χ0v) is 12.8. The van der Waals surface area contributed by atoms with Crippen molar-refractivity contribution in [2.45, 2.75) is 25.9 Å². The summed E-state index contributed by atoms with van der Waals surface area (Å²) in [6.45, 7) is 2.17. The third-order valence-corrected chi connectivity index (χ3v) is 3.76. The Balaban J connectivity index is 1.97. The van der Waals surface area contributed by atoms with Crippen molar-refractivity contribution in [2.24, 2.45) is 0 Å². The quantitative estimate of drug-likeness (QED) is 0.793. The van der Waals surface area contributed by atoms with Crippen molar-refractivity contribution in [3.05, 3.63) is 69.7 Å². The maximum Gasteiger partial charge on any atom is 0.144 e. The van der Waals surface area contributed by atoms with Gasteiger partial charge in [0, 0.05) is 18.2 Å². The molecule has 0 saturated heterocycles. The fourth-order valence-electron chi connectivity index (χ4n) is 2.05. The maximum atomic E-state index is 13.8. The van der Waals surface area contributed by atoms with Gasteiger partial charge in [-0.2, -0.15) is 0 Å². The topological polar surface area (TPSA) is 12.0 Å². The fraction of sp³-hybridized carbons (Fsp3) is 0.250. The third kappa shape index (κ3) is 3.87. The van der Waals surface area contributed by atoms with Crippen LogP contribution in [0.1, 0.15) is 18.1 Å². The van der Waals surface area contributed by atoms with E-state index < -0.39 is 11.6 Å². The Bertz CT molecular complexity index is 572. The molecule has 0 heterocycles. The Morgan fingerprint density at radius 3 is 2.50 bits per heavy atom. The van der Waals surface area contributed by atoms with E-state index in [1.165, 1.54) is 17.7 Å². The van der Waals surface area contributed by atoms with Gasteiger partial charge in [-0.15, -0.1) is 0 Å². The summed E-state index contributed by atoms with van der Waals surface area (Å²) in [5, 5.41) is 3.16. The molecule has 0 aliphatic heterocycles. The molecule has 1 unspecified atom stereocenters. The predicted molar refractivity (Wildman–Crippen MR) is 80.5 cm³/mol. The van der Waals surface area contributed by atoms with Crippen LogP contribution in [0.3, 0.4) is 0 Å². The largest absolute Gasteiger partial charge is 0.310 e. The van der Waals surface area contributed by atoms with Crippen molar-refractivity contribution >= 4 is 15.9 Å². The Labute approximate surface area is 126 Å². The van der Waals surface area contributed by atoms with Crippen molar-refractivity contribution in [3.63, 3.8) is 0 Å². The van der Waals surface area contributed by atoms with Gasteiger partial charge in [0.15, 0.2) is 0 Å². The van der Waals surface area contributed by atoms with Gasteiger partial charge < -0.3 is 5.32 Å². The van der Waals surface area contributed by atoms with E-state index in [2.05, 4.69) is 21.2 Å². The molecule has 4 heteroatoms. The second-order valence-electron chi connectivity index (χ2n) is 4.79. The summed E-state index contributed by atoms with van der Waals surface area (Å²) in [6, 6.07) is 12.8. The van der Waals surface area contributed by atoms with E-state index in [-0.39, 0.29) is 22.6 Å². The summed E-state index contributed by atoms with van der Waals surface area (Å²) in [5.41, 5.74) is 1.27. The number of hydrogen-bond acceptors (Lipinski definition) is 1. The summed E-state index contributed by atoms with van der Waals surface area (Å²) in [6.07, 6.45) is 0.818. The van der Waals surface area contributed by atoms with Crippen molar-refractivity contribution in [2.75, 3.05) is 0 Å². The first-order valence-electron chi connectivity index (χ1n) is 6.47. The molecule has 2 aromatic carbocycles. The van der Waals surface area contributed by atoms with E-state index in [0.29, 0.717) is 0 Å². The van der Waals surface area contributed by atoms with Gasteiger partial charge in [0.25, 0.3) is 0 Å². The molecular formula is C16H16BrF2N. The smallest absolute Gasteiger partial charge is 0.144 e. The molecule has 20 heavy (non-hydrogen) atoms. The summed E-state index contributed by atoms with van der Waals surface area (Å²) in [4.78, 5) is 0. The molecule has 0 saturated carbocycles. The van der Waals surface area contributed by atoms with Crippen molar-refractivity contribution in [1.82, 2.24) is 5.32 Å². The van der Waals surface area contributed by atoms with Crippen molar-refractivity contribution in [3.8, 4) is 0 Å². The van der Waals surface area contributed by atoms with Crippen LogP contribution < -0.4 is 5.32 Å². The highest BCUT2D eigenvalue weighted by Crippen LogP contribution is 2.21. The van der Waals surface area contributed by atoms with Crippen LogP contribution in [-0.2, 0) is 13.0 Å².